The van der Waals surface area contributed by atoms with E-state index in [9.17, 15) is 14.0 Å². The predicted molar refractivity (Wildman–Crippen MR) is 93.4 cm³/mol. The zero-order valence-electron chi connectivity index (χ0n) is 14.6. The van der Waals surface area contributed by atoms with Crippen molar-refractivity contribution < 1.29 is 23.5 Å². The van der Waals surface area contributed by atoms with Crippen LogP contribution in [0.3, 0.4) is 0 Å². The number of halogens is 1. The normalized spacial score (nSPS) is 18.6. The van der Waals surface area contributed by atoms with Crippen LogP contribution in [0.4, 0.5) is 4.39 Å². The highest BCUT2D eigenvalue weighted by atomic mass is 19.1. The average Bonchev–Trinajstić information content (AvgIpc) is 3.12. The second kappa shape index (κ2) is 7.87. The maximum Gasteiger partial charge on any atom is 0.328 e. The van der Waals surface area contributed by atoms with E-state index in [1.54, 1.807) is 30.3 Å². The van der Waals surface area contributed by atoms with Gasteiger partial charge in [-0.15, -0.1) is 0 Å². The van der Waals surface area contributed by atoms with Crippen LogP contribution in [-0.4, -0.2) is 42.6 Å². The number of carbonyl (C=O) groups excluding carboxylic acids is 2. The van der Waals surface area contributed by atoms with Crippen LogP contribution in [0.15, 0.2) is 48.5 Å². The van der Waals surface area contributed by atoms with E-state index in [1.165, 1.54) is 30.2 Å². The van der Waals surface area contributed by atoms with E-state index < -0.39 is 29.8 Å². The topological polar surface area (TPSA) is 79.6 Å². The Labute approximate surface area is 155 Å². The van der Waals surface area contributed by atoms with Crippen LogP contribution in [0.1, 0.15) is 22.3 Å². The van der Waals surface area contributed by atoms with E-state index in [0.717, 1.165) is 0 Å². The lowest BCUT2D eigenvalue weighted by Gasteiger charge is -2.22. The van der Waals surface area contributed by atoms with Gasteiger partial charge in [-0.3, -0.25) is 4.79 Å². The minimum absolute atomic E-state index is 0.0619. The van der Waals surface area contributed by atoms with Crippen molar-refractivity contribution in [2.75, 3.05) is 13.7 Å². The zero-order valence-corrected chi connectivity index (χ0v) is 14.6. The van der Waals surface area contributed by atoms with E-state index in [1.807, 2.05) is 6.07 Å². The fourth-order valence-electron chi connectivity index (χ4n) is 3.07. The standard InChI is InChI=1S/C20H17FN2O4/c1-26-20(25)17-10-15(27-18-8-3-2-7-16(18)21)12-23(17)19(24)14-6-4-5-13(9-14)11-22/h2-9,15,17H,10,12H2,1H3. The second-order valence-electron chi connectivity index (χ2n) is 6.10. The summed E-state index contributed by atoms with van der Waals surface area (Å²) in [6.45, 7) is 0.101. The highest BCUT2D eigenvalue weighted by Gasteiger charge is 2.42. The van der Waals surface area contributed by atoms with E-state index in [4.69, 9.17) is 14.7 Å². The molecule has 1 amide bonds. The van der Waals surface area contributed by atoms with Crippen LogP contribution in [-0.2, 0) is 9.53 Å². The molecule has 2 aromatic carbocycles. The average molecular weight is 368 g/mol. The Bertz CT molecular complexity index is 909. The first-order valence-corrected chi connectivity index (χ1v) is 8.33. The van der Waals surface area contributed by atoms with Crippen molar-refractivity contribution in [1.82, 2.24) is 4.90 Å². The molecule has 7 heteroatoms. The van der Waals surface area contributed by atoms with Crippen LogP contribution < -0.4 is 4.74 Å². The van der Waals surface area contributed by atoms with Gasteiger partial charge in [0.1, 0.15) is 12.1 Å². The smallest absolute Gasteiger partial charge is 0.328 e. The number of rotatable bonds is 4. The summed E-state index contributed by atoms with van der Waals surface area (Å²) < 4.78 is 24.3. The quantitative estimate of drug-likeness (QED) is 0.775. The fourth-order valence-corrected chi connectivity index (χ4v) is 3.07. The van der Waals surface area contributed by atoms with Crippen molar-refractivity contribution in [3.63, 3.8) is 0 Å². The van der Waals surface area contributed by atoms with Gasteiger partial charge in [-0.25, -0.2) is 9.18 Å². The molecule has 0 saturated carbocycles. The van der Waals surface area contributed by atoms with Crippen molar-refractivity contribution in [1.29, 1.82) is 5.26 Å². The number of nitrogens with zero attached hydrogens (tertiary/aromatic N) is 2. The molecule has 138 valence electrons. The molecule has 3 rings (SSSR count). The van der Waals surface area contributed by atoms with Gasteiger partial charge in [-0.2, -0.15) is 5.26 Å². The molecule has 1 aliphatic heterocycles. The molecule has 27 heavy (non-hydrogen) atoms. The van der Waals surface area contributed by atoms with Crippen LogP contribution in [0.5, 0.6) is 5.75 Å². The number of hydrogen-bond acceptors (Lipinski definition) is 5. The Hall–Kier alpha value is -3.40. The first-order chi connectivity index (χ1) is 13.0. The van der Waals surface area contributed by atoms with Gasteiger partial charge >= 0.3 is 5.97 Å². The lowest BCUT2D eigenvalue weighted by Crippen LogP contribution is -2.41. The van der Waals surface area contributed by atoms with Crippen LogP contribution in [0, 0.1) is 17.1 Å². The lowest BCUT2D eigenvalue weighted by molar-refractivity contribution is -0.145. The summed E-state index contributed by atoms with van der Waals surface area (Å²) >= 11 is 0. The van der Waals surface area contributed by atoms with Gasteiger partial charge in [0.05, 0.1) is 25.3 Å². The number of methoxy groups -OCH3 is 1. The molecule has 2 unspecified atom stereocenters. The van der Waals surface area contributed by atoms with E-state index in [-0.39, 0.29) is 24.3 Å². The Morgan fingerprint density at radius 1 is 1.22 bits per heavy atom. The number of benzene rings is 2. The molecular formula is C20H17FN2O4. The second-order valence-corrected chi connectivity index (χ2v) is 6.10. The summed E-state index contributed by atoms with van der Waals surface area (Å²) in [5, 5.41) is 9.02. The number of esters is 1. The minimum atomic E-state index is -0.843. The molecule has 0 bridgehead atoms. The molecular weight excluding hydrogens is 351 g/mol. The molecule has 2 aromatic rings. The Morgan fingerprint density at radius 3 is 2.70 bits per heavy atom. The maximum absolute atomic E-state index is 13.8. The molecule has 1 aliphatic rings. The van der Waals surface area contributed by atoms with Gasteiger partial charge in [-0.05, 0) is 30.3 Å². The molecule has 0 spiro atoms. The molecule has 1 heterocycles. The Morgan fingerprint density at radius 2 is 2.00 bits per heavy atom. The van der Waals surface area contributed by atoms with Gasteiger partial charge in [-0.1, -0.05) is 18.2 Å². The van der Waals surface area contributed by atoms with E-state index >= 15 is 0 Å². The van der Waals surface area contributed by atoms with Crippen molar-refractivity contribution in [2.45, 2.75) is 18.6 Å². The van der Waals surface area contributed by atoms with Crippen LogP contribution >= 0.6 is 0 Å². The summed E-state index contributed by atoms with van der Waals surface area (Å²) in [6.07, 6.45) is -0.376. The number of carbonyl (C=O) groups is 2. The molecule has 0 radical (unpaired) electrons. The predicted octanol–water partition coefficient (Wildman–Crippen LogP) is 2.53. The number of likely N-dealkylation sites (tertiary alicyclic amines) is 1. The number of ether oxygens (including phenoxy) is 2. The third kappa shape index (κ3) is 3.90. The molecule has 1 saturated heterocycles. The number of nitriles is 1. The van der Waals surface area contributed by atoms with E-state index in [0.29, 0.717) is 5.56 Å². The third-order valence-corrected chi connectivity index (χ3v) is 4.37. The van der Waals surface area contributed by atoms with Crippen molar-refractivity contribution in [3.05, 3.63) is 65.5 Å². The summed E-state index contributed by atoms with van der Waals surface area (Å²) in [4.78, 5) is 26.4. The zero-order chi connectivity index (χ0) is 19.4. The first kappa shape index (κ1) is 18.4. The third-order valence-electron chi connectivity index (χ3n) is 4.37. The maximum atomic E-state index is 13.8. The molecule has 0 N–H and O–H groups in total. The summed E-state index contributed by atoms with van der Waals surface area (Å²) in [5.74, 6) is -1.44. The van der Waals surface area contributed by atoms with Gasteiger partial charge in [0.2, 0.25) is 0 Å². The van der Waals surface area contributed by atoms with Crippen molar-refractivity contribution >= 4 is 11.9 Å². The molecule has 0 aliphatic carbocycles. The SMILES string of the molecule is COC(=O)C1CC(Oc2ccccc2F)CN1C(=O)c1cccc(C#N)c1. The van der Waals surface area contributed by atoms with Crippen LogP contribution in [0.2, 0.25) is 0 Å². The molecule has 2 atom stereocenters. The molecule has 0 aromatic heterocycles. The van der Waals surface area contributed by atoms with Gasteiger partial charge < -0.3 is 14.4 Å². The van der Waals surface area contributed by atoms with Crippen molar-refractivity contribution in [2.24, 2.45) is 0 Å². The monoisotopic (exact) mass is 368 g/mol. The number of hydrogen-bond donors (Lipinski definition) is 0. The van der Waals surface area contributed by atoms with Crippen LogP contribution in [0.25, 0.3) is 0 Å². The van der Waals surface area contributed by atoms with Gasteiger partial charge in [0.15, 0.2) is 11.6 Å². The Balaban J connectivity index is 1.83. The highest BCUT2D eigenvalue weighted by Crippen LogP contribution is 2.27. The highest BCUT2D eigenvalue weighted by molar-refractivity contribution is 5.97. The Kier molecular flexibility index (Phi) is 5.36. The number of amides is 1. The van der Waals surface area contributed by atoms with Crippen molar-refractivity contribution in [3.8, 4) is 11.8 Å². The van der Waals surface area contributed by atoms with Gasteiger partial charge in [0, 0.05) is 12.0 Å². The largest absolute Gasteiger partial charge is 0.485 e. The number of para-hydroxylation sites is 1. The summed E-state index contributed by atoms with van der Waals surface area (Å²) in [5.41, 5.74) is 0.628. The molecule has 6 nitrogen and oxygen atoms in total. The van der Waals surface area contributed by atoms with Gasteiger partial charge in [0.25, 0.3) is 5.91 Å². The lowest BCUT2D eigenvalue weighted by atomic mass is 10.1. The minimum Gasteiger partial charge on any atom is -0.485 e. The fraction of sp³-hybridized carbons (Fsp3) is 0.250. The summed E-state index contributed by atoms with van der Waals surface area (Å²) in [6, 6.07) is 13.3. The summed E-state index contributed by atoms with van der Waals surface area (Å²) in [7, 11) is 1.24. The van der Waals surface area contributed by atoms with E-state index in [2.05, 4.69) is 0 Å². The molecule has 1 fully saturated rings. The first-order valence-electron chi connectivity index (χ1n) is 8.33.